The van der Waals surface area contributed by atoms with E-state index in [1.54, 1.807) is 0 Å². The van der Waals surface area contributed by atoms with Crippen molar-refractivity contribution in [2.45, 2.75) is 30.7 Å². The van der Waals surface area contributed by atoms with E-state index in [1.807, 2.05) is 6.92 Å². The number of anilines is 1. The van der Waals surface area contributed by atoms with Gasteiger partial charge in [-0.05, 0) is 30.9 Å². The van der Waals surface area contributed by atoms with Crippen molar-refractivity contribution in [3.63, 3.8) is 0 Å². The molecule has 1 fully saturated rings. The number of nitrogens with two attached hydrogens (primary N) is 1. The summed E-state index contributed by atoms with van der Waals surface area (Å²) in [6.07, 6.45) is 1.50. The largest absolute Gasteiger partial charge is 0.399 e. The average molecular weight is 285 g/mol. The Hall–Kier alpha value is -1.67. The molecule has 0 radical (unpaired) electrons. The molecular weight excluding hydrogens is 270 g/mol. The number of rotatable bonds is 4. The smallest absolute Gasteiger partial charge is 0.291 e. The van der Waals surface area contributed by atoms with Crippen LogP contribution in [0.15, 0.2) is 23.1 Å². The van der Waals surface area contributed by atoms with Crippen LogP contribution in [0.5, 0.6) is 0 Å². The second-order valence-corrected chi connectivity index (χ2v) is 6.56. The molecule has 1 aromatic carbocycles. The lowest BCUT2D eigenvalue weighted by Gasteiger charge is -2.32. The van der Waals surface area contributed by atoms with Crippen LogP contribution in [0.1, 0.15) is 19.8 Å². The zero-order chi connectivity index (χ0) is 14.2. The third-order valence-electron chi connectivity index (χ3n) is 3.16. The van der Waals surface area contributed by atoms with Gasteiger partial charge in [0.05, 0.1) is 4.92 Å². The van der Waals surface area contributed by atoms with Gasteiger partial charge in [-0.25, -0.2) is 13.1 Å². The summed E-state index contributed by atoms with van der Waals surface area (Å²) in [4.78, 5) is 9.82. The van der Waals surface area contributed by atoms with Gasteiger partial charge in [0.2, 0.25) is 10.0 Å². The van der Waals surface area contributed by atoms with Crippen molar-refractivity contribution in [2.24, 2.45) is 5.92 Å². The molecule has 7 nitrogen and oxygen atoms in total. The Morgan fingerprint density at radius 1 is 1.42 bits per heavy atom. The van der Waals surface area contributed by atoms with Crippen LogP contribution in [0.2, 0.25) is 0 Å². The Balaban J connectivity index is 2.32. The molecule has 0 amide bonds. The number of nitro groups is 1. The molecule has 0 atom stereocenters. The first-order chi connectivity index (χ1) is 8.79. The SMILES string of the molecule is CC1CC(NS(=O)(=O)c2ccc(N)cc2[N+](=O)[O-])C1. The number of nitrogen functional groups attached to an aromatic ring is 1. The fourth-order valence-electron chi connectivity index (χ4n) is 2.19. The summed E-state index contributed by atoms with van der Waals surface area (Å²) in [5.41, 5.74) is 5.10. The lowest BCUT2D eigenvalue weighted by atomic mass is 9.83. The number of nitro benzene ring substituents is 1. The van der Waals surface area contributed by atoms with Gasteiger partial charge in [-0.15, -0.1) is 0 Å². The van der Waals surface area contributed by atoms with E-state index in [4.69, 9.17) is 5.73 Å². The van der Waals surface area contributed by atoms with Crippen LogP contribution in [0.25, 0.3) is 0 Å². The maximum absolute atomic E-state index is 12.1. The molecule has 1 aliphatic carbocycles. The molecular formula is C11H15N3O4S. The van der Waals surface area contributed by atoms with Crippen molar-refractivity contribution in [2.75, 3.05) is 5.73 Å². The Kier molecular flexibility index (Phi) is 3.46. The molecule has 1 aliphatic rings. The van der Waals surface area contributed by atoms with E-state index in [9.17, 15) is 18.5 Å². The van der Waals surface area contributed by atoms with Crippen molar-refractivity contribution in [1.29, 1.82) is 0 Å². The van der Waals surface area contributed by atoms with E-state index >= 15 is 0 Å². The molecule has 0 heterocycles. The molecule has 3 N–H and O–H groups in total. The molecule has 1 aromatic rings. The third-order valence-corrected chi connectivity index (χ3v) is 4.73. The Morgan fingerprint density at radius 2 is 2.05 bits per heavy atom. The zero-order valence-corrected chi connectivity index (χ0v) is 11.2. The quantitative estimate of drug-likeness (QED) is 0.491. The molecule has 0 unspecified atom stereocenters. The fraction of sp³-hybridized carbons (Fsp3) is 0.455. The molecule has 0 aromatic heterocycles. The average Bonchev–Trinajstić information content (AvgIpc) is 2.26. The van der Waals surface area contributed by atoms with Crippen LogP contribution in [0.4, 0.5) is 11.4 Å². The summed E-state index contributed by atoms with van der Waals surface area (Å²) in [6.45, 7) is 2.02. The van der Waals surface area contributed by atoms with Gasteiger partial charge < -0.3 is 5.73 Å². The number of hydrogen-bond acceptors (Lipinski definition) is 5. The van der Waals surface area contributed by atoms with Crippen LogP contribution in [-0.2, 0) is 10.0 Å². The minimum absolute atomic E-state index is 0.142. The van der Waals surface area contributed by atoms with E-state index < -0.39 is 20.6 Å². The van der Waals surface area contributed by atoms with Gasteiger partial charge in [-0.1, -0.05) is 6.92 Å². The van der Waals surface area contributed by atoms with Crippen molar-refractivity contribution >= 4 is 21.4 Å². The minimum Gasteiger partial charge on any atom is -0.399 e. The van der Waals surface area contributed by atoms with Gasteiger partial charge in [-0.3, -0.25) is 10.1 Å². The van der Waals surface area contributed by atoms with Crippen molar-refractivity contribution in [3.05, 3.63) is 28.3 Å². The van der Waals surface area contributed by atoms with E-state index in [0.29, 0.717) is 5.92 Å². The number of nitrogens with one attached hydrogen (secondary N) is 1. The number of nitrogens with zero attached hydrogens (tertiary/aromatic N) is 1. The summed E-state index contributed by atoms with van der Waals surface area (Å²) in [6, 6.07) is 3.41. The zero-order valence-electron chi connectivity index (χ0n) is 10.4. The summed E-state index contributed by atoms with van der Waals surface area (Å²) < 4.78 is 26.7. The van der Waals surface area contributed by atoms with Crippen molar-refractivity contribution in [3.8, 4) is 0 Å². The molecule has 0 bridgehead atoms. The van der Waals surface area contributed by atoms with Gasteiger partial charge in [0, 0.05) is 17.8 Å². The molecule has 0 spiro atoms. The fourth-order valence-corrected chi connectivity index (χ4v) is 3.60. The van der Waals surface area contributed by atoms with Crippen LogP contribution >= 0.6 is 0 Å². The molecule has 1 saturated carbocycles. The molecule has 0 saturated heterocycles. The lowest BCUT2D eigenvalue weighted by Crippen LogP contribution is -2.43. The molecule has 2 rings (SSSR count). The number of hydrogen-bond donors (Lipinski definition) is 2. The summed E-state index contributed by atoms with van der Waals surface area (Å²) in [5, 5.41) is 10.9. The maximum Gasteiger partial charge on any atom is 0.291 e. The highest BCUT2D eigenvalue weighted by atomic mass is 32.2. The highest BCUT2D eigenvalue weighted by Crippen LogP contribution is 2.30. The van der Waals surface area contributed by atoms with Gasteiger partial charge in [0.25, 0.3) is 5.69 Å². The predicted molar refractivity (Wildman–Crippen MR) is 70.0 cm³/mol. The van der Waals surface area contributed by atoms with E-state index in [-0.39, 0.29) is 16.6 Å². The highest BCUT2D eigenvalue weighted by Gasteiger charge is 2.33. The van der Waals surface area contributed by atoms with Gasteiger partial charge >= 0.3 is 0 Å². The molecule has 8 heteroatoms. The Morgan fingerprint density at radius 3 is 2.58 bits per heavy atom. The Bertz CT molecular complexity index is 608. The van der Waals surface area contributed by atoms with Gasteiger partial charge in [0.1, 0.15) is 0 Å². The minimum atomic E-state index is -3.88. The Labute approximate surface area is 111 Å². The van der Waals surface area contributed by atoms with Crippen LogP contribution in [0, 0.1) is 16.0 Å². The summed E-state index contributed by atoms with van der Waals surface area (Å²) in [5.74, 6) is 0.481. The van der Waals surface area contributed by atoms with Gasteiger partial charge in [-0.2, -0.15) is 0 Å². The van der Waals surface area contributed by atoms with Crippen LogP contribution < -0.4 is 10.5 Å². The predicted octanol–water partition coefficient (Wildman–Crippen LogP) is 1.25. The normalized spacial score (nSPS) is 22.8. The first-order valence-corrected chi connectivity index (χ1v) is 7.34. The maximum atomic E-state index is 12.1. The molecule has 19 heavy (non-hydrogen) atoms. The van der Waals surface area contributed by atoms with Crippen LogP contribution in [-0.4, -0.2) is 19.4 Å². The number of benzene rings is 1. The second kappa shape index (κ2) is 4.78. The standard InChI is InChI=1S/C11H15N3O4S/c1-7-4-9(5-7)13-19(17,18)11-3-2-8(12)6-10(11)14(15)16/h2-3,6-7,9,13H,4-5,12H2,1H3. The first-order valence-electron chi connectivity index (χ1n) is 5.86. The summed E-state index contributed by atoms with van der Waals surface area (Å²) in [7, 11) is -3.88. The third kappa shape index (κ3) is 2.85. The number of sulfonamides is 1. The monoisotopic (exact) mass is 285 g/mol. The molecule has 0 aliphatic heterocycles. The van der Waals surface area contributed by atoms with Gasteiger partial charge in [0.15, 0.2) is 4.90 Å². The van der Waals surface area contributed by atoms with Crippen molar-refractivity contribution < 1.29 is 13.3 Å². The topological polar surface area (TPSA) is 115 Å². The van der Waals surface area contributed by atoms with E-state index in [2.05, 4.69) is 4.72 Å². The van der Waals surface area contributed by atoms with E-state index in [0.717, 1.165) is 25.0 Å². The van der Waals surface area contributed by atoms with Crippen molar-refractivity contribution in [1.82, 2.24) is 4.72 Å². The second-order valence-electron chi connectivity index (χ2n) is 4.88. The van der Waals surface area contributed by atoms with E-state index in [1.165, 1.54) is 6.07 Å². The van der Waals surface area contributed by atoms with Crippen LogP contribution in [0.3, 0.4) is 0 Å². The molecule has 104 valence electrons. The first kappa shape index (κ1) is 13.8. The highest BCUT2D eigenvalue weighted by molar-refractivity contribution is 7.89. The summed E-state index contributed by atoms with van der Waals surface area (Å²) >= 11 is 0. The lowest BCUT2D eigenvalue weighted by molar-refractivity contribution is -0.387.